The van der Waals surface area contributed by atoms with Crippen LogP contribution in [0.5, 0.6) is 0 Å². The highest BCUT2D eigenvalue weighted by Gasteiger charge is 2.39. The topological polar surface area (TPSA) is 47.3 Å². The van der Waals surface area contributed by atoms with Crippen molar-refractivity contribution >= 4 is 17.2 Å². The zero-order chi connectivity index (χ0) is 19.8. The molecule has 5 heteroatoms. The molecule has 0 saturated heterocycles. The highest BCUT2D eigenvalue weighted by atomic mass is 19.1. The lowest BCUT2D eigenvalue weighted by Gasteiger charge is -2.34. The minimum absolute atomic E-state index is 0.0136. The molecule has 2 aromatic rings. The molecule has 4 rings (SSSR count). The molecular weight excluding hydrogens is 353 g/mol. The highest BCUT2D eigenvalue weighted by Crippen LogP contribution is 2.38. The first-order valence-electron chi connectivity index (χ1n) is 9.54. The molecule has 0 N–H and O–H groups in total. The second-order valence-corrected chi connectivity index (χ2v) is 7.55. The van der Waals surface area contributed by atoms with Crippen LogP contribution in [0.4, 0.5) is 10.1 Å². The van der Waals surface area contributed by atoms with Gasteiger partial charge in [-0.1, -0.05) is 30.2 Å². The summed E-state index contributed by atoms with van der Waals surface area (Å²) in [4.78, 5) is 13.0. The van der Waals surface area contributed by atoms with Crippen LogP contribution in [0.2, 0.25) is 0 Å². The van der Waals surface area contributed by atoms with Gasteiger partial charge in [0.25, 0.3) is 0 Å². The predicted molar refractivity (Wildman–Crippen MR) is 107 cm³/mol. The lowest BCUT2D eigenvalue weighted by Crippen LogP contribution is -2.45. The summed E-state index contributed by atoms with van der Waals surface area (Å²) < 4.78 is 14.3. The number of hydrogen-bond donors (Lipinski definition) is 0. The number of hydrazine groups is 1. The molecule has 0 spiro atoms. The van der Waals surface area contributed by atoms with Crippen LogP contribution in [0.25, 0.3) is 5.70 Å². The number of carbonyl (C=O) groups is 1. The maximum Gasteiger partial charge on any atom is 0.158 e. The SMILES string of the molecule is Cc1ccc(N2C(c3ccc(C#N)c(F)c3)=CC(C(=O)C3CCC3)N2C)cc1. The van der Waals surface area contributed by atoms with Crippen LogP contribution in [-0.2, 0) is 4.79 Å². The summed E-state index contributed by atoms with van der Waals surface area (Å²) in [5.41, 5.74) is 3.47. The quantitative estimate of drug-likeness (QED) is 0.792. The summed E-state index contributed by atoms with van der Waals surface area (Å²) >= 11 is 0. The van der Waals surface area contributed by atoms with Gasteiger partial charge in [-0.15, -0.1) is 0 Å². The maximum atomic E-state index is 14.3. The lowest BCUT2D eigenvalue weighted by molar-refractivity contribution is -0.128. The first-order chi connectivity index (χ1) is 13.5. The molecule has 1 unspecified atom stereocenters. The molecular formula is C23H22FN3O. The van der Waals surface area contributed by atoms with E-state index in [1.165, 1.54) is 12.1 Å². The number of carbonyl (C=O) groups excluding carboxylic acids is 1. The Morgan fingerprint density at radius 3 is 2.46 bits per heavy atom. The molecule has 1 aliphatic carbocycles. The van der Waals surface area contributed by atoms with Crippen molar-refractivity contribution < 1.29 is 9.18 Å². The number of halogens is 1. The number of anilines is 1. The average Bonchev–Trinajstić information content (AvgIpc) is 2.98. The van der Waals surface area contributed by atoms with Crippen molar-refractivity contribution in [1.82, 2.24) is 5.01 Å². The minimum Gasteiger partial charge on any atom is -0.297 e. The van der Waals surface area contributed by atoms with Crippen LogP contribution < -0.4 is 5.01 Å². The molecule has 1 atom stereocenters. The van der Waals surface area contributed by atoms with Crippen LogP contribution in [0.1, 0.15) is 36.0 Å². The molecule has 1 saturated carbocycles. The van der Waals surface area contributed by atoms with Gasteiger partial charge in [-0.3, -0.25) is 9.80 Å². The fourth-order valence-electron chi connectivity index (χ4n) is 3.81. The van der Waals surface area contributed by atoms with Crippen molar-refractivity contribution in [2.45, 2.75) is 32.2 Å². The number of aryl methyl sites for hydroxylation is 1. The second-order valence-electron chi connectivity index (χ2n) is 7.55. The van der Waals surface area contributed by atoms with Gasteiger partial charge in [-0.25, -0.2) is 9.40 Å². The summed E-state index contributed by atoms with van der Waals surface area (Å²) in [5.74, 6) is -0.225. The number of Topliss-reactive ketones (excluding diaryl/α,β-unsaturated/α-hetero) is 1. The number of benzene rings is 2. The van der Waals surface area contributed by atoms with Gasteiger partial charge in [-0.05, 0) is 50.1 Å². The summed E-state index contributed by atoms with van der Waals surface area (Å²) in [6.07, 6.45) is 4.91. The fraction of sp³-hybridized carbons (Fsp3) is 0.304. The van der Waals surface area contributed by atoms with E-state index in [0.29, 0.717) is 5.56 Å². The van der Waals surface area contributed by atoms with Crippen LogP contribution in [-0.4, -0.2) is 23.9 Å². The van der Waals surface area contributed by atoms with Gasteiger partial charge in [0, 0.05) is 18.5 Å². The Kier molecular flexibility index (Phi) is 4.74. The maximum absolute atomic E-state index is 14.3. The van der Waals surface area contributed by atoms with E-state index in [9.17, 15) is 9.18 Å². The van der Waals surface area contributed by atoms with Gasteiger partial charge < -0.3 is 0 Å². The third-order valence-corrected chi connectivity index (χ3v) is 5.72. The summed E-state index contributed by atoms with van der Waals surface area (Å²) in [7, 11) is 1.89. The summed E-state index contributed by atoms with van der Waals surface area (Å²) in [5, 5.41) is 12.9. The predicted octanol–water partition coefficient (Wildman–Crippen LogP) is 4.45. The summed E-state index contributed by atoms with van der Waals surface area (Å²) in [6.45, 7) is 2.02. The van der Waals surface area contributed by atoms with Gasteiger partial charge in [0.05, 0.1) is 16.9 Å². The normalized spacial score (nSPS) is 19.9. The van der Waals surface area contributed by atoms with Crippen molar-refractivity contribution in [2.75, 3.05) is 12.1 Å². The van der Waals surface area contributed by atoms with Crippen molar-refractivity contribution in [3.63, 3.8) is 0 Å². The lowest BCUT2D eigenvalue weighted by atomic mass is 9.79. The largest absolute Gasteiger partial charge is 0.297 e. The number of ketones is 1. The van der Waals surface area contributed by atoms with Gasteiger partial charge in [0.15, 0.2) is 5.78 Å². The van der Waals surface area contributed by atoms with E-state index in [2.05, 4.69) is 0 Å². The average molecular weight is 375 g/mol. The second kappa shape index (κ2) is 7.21. The number of nitrogens with zero attached hydrogens (tertiary/aromatic N) is 3. The van der Waals surface area contributed by atoms with Crippen LogP contribution in [0.3, 0.4) is 0 Å². The van der Waals surface area contributed by atoms with Crippen LogP contribution in [0.15, 0.2) is 48.5 Å². The minimum atomic E-state index is -0.554. The van der Waals surface area contributed by atoms with Crippen LogP contribution >= 0.6 is 0 Å². The number of hydrogen-bond acceptors (Lipinski definition) is 4. The van der Waals surface area contributed by atoms with E-state index < -0.39 is 5.82 Å². The van der Waals surface area contributed by atoms with E-state index in [1.54, 1.807) is 6.07 Å². The monoisotopic (exact) mass is 375 g/mol. The van der Waals surface area contributed by atoms with E-state index in [-0.39, 0.29) is 23.3 Å². The Morgan fingerprint density at radius 2 is 1.89 bits per heavy atom. The molecule has 142 valence electrons. The van der Waals surface area contributed by atoms with Crippen LogP contribution in [0, 0.1) is 30.0 Å². The van der Waals surface area contributed by atoms with Crippen molar-refractivity contribution in [3.05, 3.63) is 71.0 Å². The van der Waals surface area contributed by atoms with Gasteiger partial charge in [0.1, 0.15) is 17.9 Å². The van der Waals surface area contributed by atoms with Gasteiger partial charge >= 0.3 is 0 Å². The van der Waals surface area contributed by atoms with E-state index >= 15 is 0 Å². The number of likely N-dealkylation sites (N-methyl/N-ethyl adjacent to an activating group) is 1. The third kappa shape index (κ3) is 3.10. The standard InChI is InChI=1S/C23H22FN3O/c1-15-6-10-19(11-7-15)27-21(17-8-9-18(14-25)20(24)12-17)13-22(26(27)2)23(28)16-4-3-5-16/h6-13,16,22H,3-5H2,1-2H3. The molecule has 2 aromatic carbocycles. The molecule has 1 aliphatic heterocycles. The molecule has 1 heterocycles. The first-order valence-corrected chi connectivity index (χ1v) is 9.54. The first kappa shape index (κ1) is 18.4. The van der Waals surface area contributed by atoms with Crippen molar-refractivity contribution in [2.24, 2.45) is 5.92 Å². The Labute approximate surface area is 164 Å². The molecule has 2 aliphatic rings. The smallest absolute Gasteiger partial charge is 0.158 e. The van der Waals surface area contributed by atoms with Crippen molar-refractivity contribution in [1.29, 1.82) is 5.26 Å². The molecule has 0 bridgehead atoms. The molecule has 28 heavy (non-hydrogen) atoms. The van der Waals surface area contributed by atoms with Gasteiger partial charge in [-0.2, -0.15) is 5.26 Å². The van der Waals surface area contributed by atoms with Crippen molar-refractivity contribution in [3.8, 4) is 6.07 Å². The Balaban J connectivity index is 1.77. The van der Waals surface area contributed by atoms with Gasteiger partial charge in [0.2, 0.25) is 0 Å². The van der Waals surface area contributed by atoms with E-state index in [0.717, 1.165) is 36.2 Å². The zero-order valence-electron chi connectivity index (χ0n) is 16.0. The van der Waals surface area contributed by atoms with E-state index in [1.807, 2.05) is 60.4 Å². The third-order valence-electron chi connectivity index (χ3n) is 5.72. The Bertz CT molecular complexity index is 986. The Morgan fingerprint density at radius 1 is 1.18 bits per heavy atom. The molecule has 0 aromatic heterocycles. The molecule has 0 amide bonds. The molecule has 0 radical (unpaired) electrons. The zero-order valence-corrected chi connectivity index (χ0v) is 16.0. The van der Waals surface area contributed by atoms with E-state index in [4.69, 9.17) is 5.26 Å². The highest BCUT2D eigenvalue weighted by molar-refractivity contribution is 5.94. The fourth-order valence-corrected chi connectivity index (χ4v) is 3.81. The number of rotatable bonds is 4. The molecule has 4 nitrogen and oxygen atoms in total. The number of nitriles is 1. The summed E-state index contributed by atoms with van der Waals surface area (Å²) in [6, 6.07) is 14.1. The Hall–Kier alpha value is -2.97. The molecule has 1 fully saturated rings.